The fourth-order valence-corrected chi connectivity index (χ4v) is 2.67. The molecule has 2 heterocycles. The molecule has 11 heteroatoms. The number of alkyl halides is 3. The third-order valence-corrected chi connectivity index (χ3v) is 4.28. The van der Waals surface area contributed by atoms with Crippen LogP contribution in [0, 0.1) is 6.92 Å². The maximum atomic E-state index is 12.7. The molecule has 23 heavy (non-hydrogen) atoms. The molecule has 0 saturated heterocycles. The predicted octanol–water partition coefficient (Wildman–Crippen LogP) is 2.64. The van der Waals surface area contributed by atoms with Crippen LogP contribution in [0.15, 0.2) is 15.7 Å². The summed E-state index contributed by atoms with van der Waals surface area (Å²) in [4.78, 5) is 12.2. The second-order valence-electron chi connectivity index (χ2n) is 4.69. The van der Waals surface area contributed by atoms with E-state index < -0.39 is 23.2 Å². The number of hydrogen-bond donors (Lipinski definition) is 1. The lowest BCUT2D eigenvalue weighted by Gasteiger charge is -2.13. The van der Waals surface area contributed by atoms with E-state index in [1.807, 2.05) is 0 Å². The highest BCUT2D eigenvalue weighted by Gasteiger charge is 2.38. The molecule has 0 aliphatic heterocycles. The molecule has 0 spiro atoms. The number of nitrogens with one attached hydrogen (secondary N) is 1. The molecule has 0 fully saturated rings. The van der Waals surface area contributed by atoms with E-state index in [2.05, 4.69) is 20.7 Å². The van der Waals surface area contributed by atoms with Crippen molar-refractivity contribution in [2.45, 2.75) is 36.9 Å². The average Bonchev–Trinajstić information content (AvgIpc) is 3.01. The molecular formula is C12H14F3N5O2S. The first-order chi connectivity index (χ1) is 10.7. The van der Waals surface area contributed by atoms with Crippen LogP contribution in [0.2, 0.25) is 0 Å². The highest BCUT2D eigenvalue weighted by Crippen LogP contribution is 2.31. The molecule has 0 radical (unpaired) electrons. The Hall–Kier alpha value is -2.04. The summed E-state index contributed by atoms with van der Waals surface area (Å²) in [5.74, 6) is -0.727. The normalized spacial score (nSPS) is 13.1. The third-order valence-electron chi connectivity index (χ3n) is 2.88. The average molecular weight is 349 g/mol. The standard InChI is InChI=1S/C12H14F3N5O2S/c1-4-7(9(21)16-8-5-6(2)22-19-8)23-11-18-17-10(20(11)3)12(13,14)15/h5,7H,4H2,1-3H3,(H,16,19,21). The lowest BCUT2D eigenvalue weighted by atomic mass is 10.3. The first-order valence-corrected chi connectivity index (χ1v) is 7.47. The molecule has 0 aliphatic rings. The van der Waals surface area contributed by atoms with Gasteiger partial charge in [-0.2, -0.15) is 13.2 Å². The van der Waals surface area contributed by atoms with E-state index in [9.17, 15) is 18.0 Å². The molecule has 1 amide bonds. The summed E-state index contributed by atoms with van der Waals surface area (Å²) < 4.78 is 43.8. The number of halogens is 3. The molecule has 2 aromatic heterocycles. The first-order valence-electron chi connectivity index (χ1n) is 6.59. The highest BCUT2D eigenvalue weighted by atomic mass is 32.2. The summed E-state index contributed by atoms with van der Waals surface area (Å²) >= 11 is 0.905. The van der Waals surface area contributed by atoms with Crippen molar-refractivity contribution >= 4 is 23.5 Å². The lowest BCUT2D eigenvalue weighted by Crippen LogP contribution is -2.25. The first kappa shape index (κ1) is 17.3. The number of amides is 1. The lowest BCUT2D eigenvalue weighted by molar-refractivity contribution is -0.147. The van der Waals surface area contributed by atoms with Crippen LogP contribution in [0.4, 0.5) is 19.0 Å². The number of aryl methyl sites for hydroxylation is 1. The van der Waals surface area contributed by atoms with E-state index in [-0.39, 0.29) is 11.0 Å². The fraction of sp³-hybridized carbons (Fsp3) is 0.500. The topological polar surface area (TPSA) is 85.8 Å². The number of thioether (sulfide) groups is 1. The van der Waals surface area contributed by atoms with Crippen LogP contribution in [-0.2, 0) is 18.0 Å². The molecule has 2 rings (SSSR count). The van der Waals surface area contributed by atoms with Gasteiger partial charge in [0.1, 0.15) is 5.76 Å². The maximum absolute atomic E-state index is 12.7. The molecule has 1 atom stereocenters. The number of hydrogen-bond acceptors (Lipinski definition) is 6. The number of rotatable bonds is 5. The van der Waals surface area contributed by atoms with E-state index in [0.29, 0.717) is 12.2 Å². The van der Waals surface area contributed by atoms with Crippen molar-refractivity contribution in [3.05, 3.63) is 17.7 Å². The Morgan fingerprint density at radius 1 is 1.48 bits per heavy atom. The summed E-state index contributed by atoms with van der Waals surface area (Å²) in [5.41, 5.74) is 0. The van der Waals surface area contributed by atoms with Crippen molar-refractivity contribution in [1.82, 2.24) is 19.9 Å². The summed E-state index contributed by atoms with van der Waals surface area (Å²) in [7, 11) is 1.21. The molecule has 126 valence electrons. The van der Waals surface area contributed by atoms with Crippen LogP contribution in [0.3, 0.4) is 0 Å². The van der Waals surface area contributed by atoms with E-state index >= 15 is 0 Å². The summed E-state index contributed by atoms with van der Waals surface area (Å²) in [5, 5.41) is 12.2. The minimum Gasteiger partial charge on any atom is -0.360 e. The molecule has 0 bridgehead atoms. The van der Waals surface area contributed by atoms with Crippen molar-refractivity contribution in [1.29, 1.82) is 0 Å². The number of aromatic nitrogens is 4. The van der Waals surface area contributed by atoms with Crippen LogP contribution in [0.5, 0.6) is 0 Å². The molecule has 0 saturated carbocycles. The van der Waals surface area contributed by atoms with E-state index in [1.165, 1.54) is 7.05 Å². The fourth-order valence-electron chi connectivity index (χ4n) is 1.75. The molecular weight excluding hydrogens is 335 g/mol. The summed E-state index contributed by atoms with van der Waals surface area (Å²) in [6, 6.07) is 1.54. The van der Waals surface area contributed by atoms with Gasteiger partial charge in [-0.15, -0.1) is 10.2 Å². The van der Waals surface area contributed by atoms with Gasteiger partial charge < -0.3 is 14.4 Å². The summed E-state index contributed by atoms with van der Waals surface area (Å²) in [6.45, 7) is 3.42. The Bertz CT molecular complexity index is 697. The van der Waals surface area contributed by atoms with Crippen molar-refractivity contribution < 1.29 is 22.5 Å². The van der Waals surface area contributed by atoms with Gasteiger partial charge in [0.2, 0.25) is 11.7 Å². The van der Waals surface area contributed by atoms with E-state index in [1.54, 1.807) is 19.9 Å². The Labute approximate surface area is 133 Å². The third kappa shape index (κ3) is 4.03. The van der Waals surface area contributed by atoms with Crippen LogP contribution in [0.1, 0.15) is 24.9 Å². The highest BCUT2D eigenvalue weighted by molar-refractivity contribution is 8.00. The van der Waals surface area contributed by atoms with Gasteiger partial charge in [-0.25, -0.2) is 0 Å². The Kier molecular flexibility index (Phi) is 4.97. The zero-order valence-electron chi connectivity index (χ0n) is 12.5. The predicted molar refractivity (Wildman–Crippen MR) is 75.8 cm³/mol. The van der Waals surface area contributed by atoms with Gasteiger partial charge in [-0.1, -0.05) is 23.8 Å². The van der Waals surface area contributed by atoms with E-state index in [0.717, 1.165) is 16.3 Å². The van der Waals surface area contributed by atoms with Crippen molar-refractivity contribution in [2.75, 3.05) is 5.32 Å². The Morgan fingerprint density at radius 2 is 2.17 bits per heavy atom. The van der Waals surface area contributed by atoms with Crippen molar-refractivity contribution in [2.24, 2.45) is 7.05 Å². The maximum Gasteiger partial charge on any atom is 0.451 e. The van der Waals surface area contributed by atoms with Gasteiger partial charge in [0.25, 0.3) is 0 Å². The van der Waals surface area contributed by atoms with Crippen molar-refractivity contribution in [3.63, 3.8) is 0 Å². The van der Waals surface area contributed by atoms with Gasteiger partial charge in [0, 0.05) is 13.1 Å². The largest absolute Gasteiger partial charge is 0.451 e. The molecule has 0 aliphatic carbocycles. The SMILES string of the molecule is CCC(Sc1nnc(C(F)(F)F)n1C)C(=O)Nc1cc(C)on1. The Morgan fingerprint density at radius 3 is 2.65 bits per heavy atom. The van der Waals surface area contributed by atoms with Gasteiger partial charge in [-0.3, -0.25) is 4.79 Å². The molecule has 1 N–H and O–H groups in total. The quantitative estimate of drug-likeness (QED) is 0.835. The molecule has 7 nitrogen and oxygen atoms in total. The number of carbonyl (C=O) groups excluding carboxylic acids is 1. The monoisotopic (exact) mass is 349 g/mol. The molecule has 2 aromatic rings. The molecule has 1 unspecified atom stereocenters. The zero-order chi connectivity index (χ0) is 17.2. The zero-order valence-corrected chi connectivity index (χ0v) is 13.3. The van der Waals surface area contributed by atoms with Gasteiger partial charge in [0.15, 0.2) is 11.0 Å². The number of carbonyl (C=O) groups is 1. The number of anilines is 1. The van der Waals surface area contributed by atoms with Crippen LogP contribution < -0.4 is 5.32 Å². The van der Waals surface area contributed by atoms with Gasteiger partial charge >= 0.3 is 6.18 Å². The van der Waals surface area contributed by atoms with Crippen LogP contribution >= 0.6 is 11.8 Å². The van der Waals surface area contributed by atoms with Crippen LogP contribution in [-0.4, -0.2) is 31.1 Å². The van der Waals surface area contributed by atoms with Gasteiger partial charge in [-0.05, 0) is 13.3 Å². The van der Waals surface area contributed by atoms with Gasteiger partial charge in [0.05, 0.1) is 5.25 Å². The second kappa shape index (κ2) is 6.60. The number of nitrogens with zero attached hydrogens (tertiary/aromatic N) is 4. The van der Waals surface area contributed by atoms with Crippen molar-refractivity contribution in [3.8, 4) is 0 Å². The van der Waals surface area contributed by atoms with Crippen LogP contribution in [0.25, 0.3) is 0 Å². The minimum atomic E-state index is -4.59. The van der Waals surface area contributed by atoms with E-state index in [4.69, 9.17) is 4.52 Å². The Balaban J connectivity index is 2.10. The smallest absolute Gasteiger partial charge is 0.360 e. The molecule has 0 aromatic carbocycles. The summed E-state index contributed by atoms with van der Waals surface area (Å²) in [6.07, 6.45) is -4.20. The second-order valence-corrected chi connectivity index (χ2v) is 5.86. The minimum absolute atomic E-state index is 0.00987.